The van der Waals surface area contributed by atoms with Crippen LogP contribution in [0.5, 0.6) is 0 Å². The van der Waals surface area contributed by atoms with Gasteiger partial charge in [-0.3, -0.25) is 4.79 Å². The Morgan fingerprint density at radius 3 is 2.52 bits per heavy atom. The van der Waals surface area contributed by atoms with E-state index in [0.29, 0.717) is 5.92 Å². The molecule has 27 heavy (non-hydrogen) atoms. The van der Waals surface area contributed by atoms with E-state index >= 15 is 0 Å². The van der Waals surface area contributed by atoms with Crippen LogP contribution in [0.1, 0.15) is 22.5 Å². The quantitative estimate of drug-likeness (QED) is 0.608. The van der Waals surface area contributed by atoms with E-state index < -0.39 is 0 Å². The molecule has 1 amide bonds. The lowest BCUT2D eigenvalue weighted by molar-refractivity contribution is 0.0698. The summed E-state index contributed by atoms with van der Waals surface area (Å²) in [5, 5.41) is 4.17. The molecule has 0 atom stereocenters. The smallest absolute Gasteiger partial charge is 0.264 e. The Labute approximate surface area is 178 Å². The summed E-state index contributed by atoms with van der Waals surface area (Å²) < 4.78 is 1.06. The molecule has 1 saturated heterocycles. The van der Waals surface area contributed by atoms with E-state index in [2.05, 4.69) is 10.3 Å². The average molecular weight is 445 g/mol. The van der Waals surface area contributed by atoms with Crippen LogP contribution in [0.25, 0.3) is 9.53 Å². The Balaban J connectivity index is 0.00000131. The van der Waals surface area contributed by atoms with Crippen LogP contribution in [0, 0.1) is 5.92 Å². The SMILES string of the molecule is Cl.Cl.NCC1CCN(C(=O)c2cc3sc(Nc4ccccc4)nc3s2)CC1. The lowest BCUT2D eigenvalue weighted by atomic mass is 9.97. The van der Waals surface area contributed by atoms with Gasteiger partial charge in [0.15, 0.2) is 5.13 Å². The Hall–Kier alpha value is -1.38. The molecule has 0 bridgehead atoms. The summed E-state index contributed by atoms with van der Waals surface area (Å²) in [5.41, 5.74) is 6.74. The molecule has 0 aliphatic carbocycles. The van der Waals surface area contributed by atoms with E-state index in [0.717, 1.165) is 57.7 Å². The highest BCUT2D eigenvalue weighted by Gasteiger charge is 2.24. The van der Waals surface area contributed by atoms with E-state index in [-0.39, 0.29) is 30.7 Å². The van der Waals surface area contributed by atoms with Gasteiger partial charge in [0.05, 0.1) is 9.58 Å². The lowest BCUT2D eigenvalue weighted by Crippen LogP contribution is -2.39. The van der Waals surface area contributed by atoms with Crippen LogP contribution in [-0.4, -0.2) is 35.4 Å². The molecular formula is C18H22Cl2N4OS2. The lowest BCUT2D eigenvalue weighted by Gasteiger charge is -2.31. The van der Waals surface area contributed by atoms with Crippen LogP contribution in [0.3, 0.4) is 0 Å². The fraction of sp³-hybridized carbons (Fsp3) is 0.333. The summed E-state index contributed by atoms with van der Waals surface area (Å²) >= 11 is 3.06. The zero-order chi connectivity index (χ0) is 17.2. The highest BCUT2D eigenvalue weighted by Crippen LogP contribution is 2.35. The summed E-state index contributed by atoms with van der Waals surface area (Å²) in [6.45, 7) is 2.33. The Morgan fingerprint density at radius 2 is 1.89 bits per heavy atom. The van der Waals surface area contributed by atoms with Gasteiger partial charge < -0.3 is 16.0 Å². The van der Waals surface area contributed by atoms with E-state index in [4.69, 9.17) is 5.73 Å². The molecule has 1 aliphatic heterocycles. The Bertz CT molecular complexity index is 845. The van der Waals surface area contributed by atoms with Gasteiger partial charge in [0.1, 0.15) is 4.83 Å². The monoisotopic (exact) mass is 444 g/mol. The number of amides is 1. The van der Waals surface area contributed by atoms with Gasteiger partial charge >= 0.3 is 0 Å². The summed E-state index contributed by atoms with van der Waals surface area (Å²) in [4.78, 5) is 21.0. The molecule has 3 N–H and O–H groups in total. The molecule has 1 fully saturated rings. The third-order valence-corrected chi connectivity index (χ3v) is 6.62. The molecule has 2 aromatic heterocycles. The summed E-state index contributed by atoms with van der Waals surface area (Å²) in [6.07, 6.45) is 2.01. The molecule has 0 spiro atoms. The standard InChI is InChI=1S/C18H20N4OS2.2ClH/c19-11-12-6-8-22(9-7-12)17(23)15-10-14-16(24-15)21-18(25-14)20-13-4-2-1-3-5-13;;/h1-5,10,12H,6-9,11,19H2,(H,20,21);2*1H. The number of carbonyl (C=O) groups is 1. The number of hydrogen-bond acceptors (Lipinski definition) is 6. The van der Waals surface area contributed by atoms with Gasteiger partial charge in [-0.1, -0.05) is 29.5 Å². The molecule has 5 nitrogen and oxygen atoms in total. The van der Waals surface area contributed by atoms with Crippen LogP contribution in [0.2, 0.25) is 0 Å². The number of anilines is 2. The minimum absolute atomic E-state index is 0. The van der Waals surface area contributed by atoms with E-state index in [1.54, 1.807) is 11.3 Å². The van der Waals surface area contributed by atoms with Gasteiger partial charge in [-0.15, -0.1) is 36.2 Å². The van der Waals surface area contributed by atoms with Crippen LogP contribution < -0.4 is 11.1 Å². The first-order chi connectivity index (χ1) is 12.2. The first-order valence-corrected chi connectivity index (χ1v) is 10.1. The molecule has 1 aromatic carbocycles. The number of benzene rings is 1. The van der Waals surface area contributed by atoms with Crippen molar-refractivity contribution in [1.82, 2.24) is 9.88 Å². The third-order valence-electron chi connectivity index (χ3n) is 4.56. The first kappa shape index (κ1) is 21.9. The molecule has 9 heteroatoms. The number of nitrogens with one attached hydrogen (secondary N) is 1. The normalized spacial score (nSPS) is 14.5. The number of nitrogens with zero attached hydrogens (tertiary/aromatic N) is 2. The minimum Gasteiger partial charge on any atom is -0.338 e. The zero-order valence-corrected chi connectivity index (χ0v) is 17.9. The number of rotatable bonds is 4. The van der Waals surface area contributed by atoms with Crippen molar-refractivity contribution in [3.8, 4) is 0 Å². The predicted octanol–water partition coefficient (Wildman–Crippen LogP) is 4.76. The fourth-order valence-corrected chi connectivity index (χ4v) is 5.17. The van der Waals surface area contributed by atoms with Crippen LogP contribution in [0.15, 0.2) is 36.4 Å². The van der Waals surface area contributed by atoms with E-state index in [1.165, 1.54) is 11.3 Å². The summed E-state index contributed by atoms with van der Waals surface area (Å²) in [7, 11) is 0. The number of fused-ring (bicyclic) bond motifs is 1. The molecule has 3 aromatic rings. The molecule has 4 rings (SSSR count). The third kappa shape index (κ3) is 4.92. The van der Waals surface area contributed by atoms with Gasteiger partial charge in [-0.2, -0.15) is 0 Å². The highest BCUT2D eigenvalue weighted by atomic mass is 35.5. The molecule has 3 heterocycles. The second kappa shape index (κ2) is 9.71. The molecule has 0 radical (unpaired) electrons. The largest absolute Gasteiger partial charge is 0.338 e. The van der Waals surface area contributed by atoms with Gasteiger partial charge in [0.25, 0.3) is 5.91 Å². The second-order valence-electron chi connectivity index (χ2n) is 6.26. The minimum atomic E-state index is 0. The van der Waals surface area contributed by atoms with Gasteiger partial charge in [0, 0.05) is 18.8 Å². The Kier molecular flexibility index (Phi) is 7.88. The zero-order valence-electron chi connectivity index (χ0n) is 14.6. The van der Waals surface area contributed by atoms with E-state index in [9.17, 15) is 4.79 Å². The highest BCUT2D eigenvalue weighted by molar-refractivity contribution is 7.29. The van der Waals surface area contributed by atoms with Crippen molar-refractivity contribution >= 4 is 73.7 Å². The van der Waals surface area contributed by atoms with Crippen molar-refractivity contribution in [1.29, 1.82) is 0 Å². The summed E-state index contributed by atoms with van der Waals surface area (Å²) in [6, 6.07) is 12.0. The number of halogens is 2. The number of carbonyl (C=O) groups excluding carboxylic acids is 1. The predicted molar refractivity (Wildman–Crippen MR) is 119 cm³/mol. The fourth-order valence-electron chi connectivity index (χ4n) is 3.07. The topological polar surface area (TPSA) is 71.2 Å². The van der Waals surface area contributed by atoms with Crippen molar-refractivity contribution in [3.63, 3.8) is 0 Å². The van der Waals surface area contributed by atoms with Crippen molar-refractivity contribution in [2.45, 2.75) is 12.8 Å². The number of thiophene rings is 1. The molecular weight excluding hydrogens is 423 g/mol. The number of para-hydroxylation sites is 1. The molecule has 1 aliphatic rings. The average Bonchev–Trinajstić information content (AvgIpc) is 3.20. The van der Waals surface area contributed by atoms with Crippen molar-refractivity contribution in [2.75, 3.05) is 25.0 Å². The van der Waals surface area contributed by atoms with Crippen LogP contribution in [-0.2, 0) is 0 Å². The maximum atomic E-state index is 12.7. The number of aromatic nitrogens is 1. The number of hydrogen-bond donors (Lipinski definition) is 2. The van der Waals surface area contributed by atoms with Gasteiger partial charge in [-0.25, -0.2) is 4.98 Å². The second-order valence-corrected chi connectivity index (χ2v) is 8.32. The number of likely N-dealkylation sites (tertiary alicyclic amines) is 1. The van der Waals surface area contributed by atoms with Crippen molar-refractivity contribution in [3.05, 3.63) is 41.3 Å². The van der Waals surface area contributed by atoms with Gasteiger partial charge in [0.2, 0.25) is 0 Å². The summed E-state index contributed by atoms with van der Waals surface area (Å²) in [5.74, 6) is 0.687. The van der Waals surface area contributed by atoms with Crippen LogP contribution >= 0.6 is 47.5 Å². The molecule has 0 saturated carbocycles. The number of piperidine rings is 1. The number of nitrogens with two attached hydrogens (primary N) is 1. The maximum absolute atomic E-state index is 12.7. The van der Waals surface area contributed by atoms with Gasteiger partial charge in [-0.05, 0) is 43.5 Å². The van der Waals surface area contributed by atoms with Crippen LogP contribution in [0.4, 0.5) is 10.8 Å². The van der Waals surface area contributed by atoms with Crippen molar-refractivity contribution in [2.24, 2.45) is 11.7 Å². The molecule has 0 unspecified atom stereocenters. The van der Waals surface area contributed by atoms with Crippen molar-refractivity contribution < 1.29 is 4.79 Å². The maximum Gasteiger partial charge on any atom is 0.264 e. The first-order valence-electron chi connectivity index (χ1n) is 8.44. The number of thiazole rings is 1. The van der Waals surface area contributed by atoms with E-state index in [1.807, 2.05) is 41.3 Å². The molecule has 146 valence electrons. The Morgan fingerprint density at radius 1 is 1.19 bits per heavy atom.